The van der Waals surface area contributed by atoms with Crippen molar-refractivity contribution in [1.29, 1.82) is 0 Å². The summed E-state index contributed by atoms with van der Waals surface area (Å²) in [7, 11) is 0. The number of aromatic nitrogens is 2. The normalized spacial score (nSPS) is 24.4. The van der Waals surface area contributed by atoms with Crippen LogP contribution in [0.1, 0.15) is 31.9 Å². The average molecular weight is 330 g/mol. The molecule has 2 saturated heterocycles. The highest BCUT2D eigenvalue weighted by molar-refractivity contribution is 5.82. The summed E-state index contributed by atoms with van der Waals surface area (Å²) in [6.45, 7) is 1.92. The number of fused-ring (bicyclic) bond motifs is 1. The van der Waals surface area contributed by atoms with Gasteiger partial charge in [0.25, 0.3) is 0 Å². The number of likely N-dealkylation sites (tertiary alicyclic amines) is 1. The van der Waals surface area contributed by atoms with Gasteiger partial charge in [-0.2, -0.15) is 5.10 Å². The maximum atomic E-state index is 11.0. The zero-order valence-electron chi connectivity index (χ0n) is 13.5. The smallest absolute Gasteiger partial charge is 0.407 e. The summed E-state index contributed by atoms with van der Waals surface area (Å²) < 4.78 is 7.80. The van der Waals surface area contributed by atoms with E-state index in [1.807, 2.05) is 16.9 Å². The van der Waals surface area contributed by atoms with Gasteiger partial charge in [0.05, 0.1) is 11.7 Å². The second-order valence-electron chi connectivity index (χ2n) is 6.54. The highest BCUT2D eigenvalue weighted by Crippen LogP contribution is 2.28. The summed E-state index contributed by atoms with van der Waals surface area (Å²) in [6.07, 6.45) is 5.20. The van der Waals surface area contributed by atoms with E-state index in [1.54, 1.807) is 0 Å². The zero-order chi connectivity index (χ0) is 16.5. The molecule has 0 saturated carbocycles. The molecule has 2 fully saturated rings. The molecule has 1 aromatic carbocycles. The molecule has 4 rings (SSSR count). The number of benzene rings is 1. The predicted octanol–water partition coefficient (Wildman–Crippen LogP) is 2.90. The first-order valence-corrected chi connectivity index (χ1v) is 8.54. The van der Waals surface area contributed by atoms with Crippen LogP contribution >= 0.6 is 0 Å². The second-order valence-corrected chi connectivity index (χ2v) is 6.54. The fourth-order valence-electron chi connectivity index (χ4n) is 3.58. The van der Waals surface area contributed by atoms with Gasteiger partial charge in [-0.05, 0) is 43.9 Å². The van der Waals surface area contributed by atoms with Crippen molar-refractivity contribution in [2.75, 3.05) is 25.0 Å². The van der Waals surface area contributed by atoms with Crippen molar-refractivity contribution in [2.24, 2.45) is 0 Å². The quantitative estimate of drug-likeness (QED) is 0.904. The molecule has 128 valence electrons. The average Bonchev–Trinajstić information content (AvgIpc) is 3.22. The lowest BCUT2D eigenvalue weighted by atomic mass is 10.1. The standard InChI is InChI=1S/C17H22N4O3/c22-17(23)20-7-6-14(11-20)19-13-4-5-15-12(9-13)10-18-21(15)16-3-1-2-8-24-16/h4-5,9-10,14,16,19H,1-3,6-8,11H2,(H,22,23). The number of hydrogen-bond donors (Lipinski definition) is 2. The molecule has 1 amide bonds. The summed E-state index contributed by atoms with van der Waals surface area (Å²) in [5.41, 5.74) is 2.08. The highest BCUT2D eigenvalue weighted by Gasteiger charge is 2.26. The third-order valence-corrected chi connectivity index (χ3v) is 4.85. The number of nitrogens with zero attached hydrogens (tertiary/aromatic N) is 3. The van der Waals surface area contributed by atoms with E-state index in [0.717, 1.165) is 42.5 Å². The van der Waals surface area contributed by atoms with Crippen LogP contribution in [0.25, 0.3) is 10.9 Å². The minimum absolute atomic E-state index is 0.0361. The van der Waals surface area contributed by atoms with Gasteiger partial charge in [0.1, 0.15) is 0 Å². The van der Waals surface area contributed by atoms with Gasteiger partial charge in [0.15, 0.2) is 6.23 Å². The van der Waals surface area contributed by atoms with Crippen molar-refractivity contribution in [2.45, 2.75) is 38.0 Å². The fraction of sp³-hybridized carbons (Fsp3) is 0.529. The summed E-state index contributed by atoms with van der Waals surface area (Å²) >= 11 is 0. The first-order chi connectivity index (χ1) is 11.7. The van der Waals surface area contributed by atoms with Crippen molar-refractivity contribution >= 4 is 22.7 Å². The van der Waals surface area contributed by atoms with Crippen molar-refractivity contribution in [3.05, 3.63) is 24.4 Å². The molecule has 0 spiro atoms. The Kier molecular flexibility index (Phi) is 4.02. The van der Waals surface area contributed by atoms with Crippen LogP contribution in [0.5, 0.6) is 0 Å². The Hall–Kier alpha value is -2.28. The molecule has 2 atom stereocenters. The van der Waals surface area contributed by atoms with Gasteiger partial charge >= 0.3 is 6.09 Å². The first kappa shape index (κ1) is 15.3. The van der Waals surface area contributed by atoms with Gasteiger partial charge in [0.2, 0.25) is 0 Å². The molecule has 2 N–H and O–H groups in total. The topological polar surface area (TPSA) is 79.6 Å². The molecule has 0 aliphatic carbocycles. The lowest BCUT2D eigenvalue weighted by molar-refractivity contribution is -0.0366. The van der Waals surface area contributed by atoms with E-state index in [-0.39, 0.29) is 12.3 Å². The zero-order valence-corrected chi connectivity index (χ0v) is 13.5. The number of amides is 1. The summed E-state index contributed by atoms with van der Waals surface area (Å²) in [5, 5.41) is 18.1. The van der Waals surface area contributed by atoms with Gasteiger partial charge in [-0.25, -0.2) is 9.48 Å². The second kappa shape index (κ2) is 6.32. The Bertz CT molecular complexity index is 739. The molecule has 24 heavy (non-hydrogen) atoms. The Morgan fingerprint density at radius 2 is 2.25 bits per heavy atom. The predicted molar refractivity (Wildman–Crippen MR) is 90.2 cm³/mol. The molecule has 2 unspecified atom stereocenters. The molecular weight excluding hydrogens is 308 g/mol. The monoisotopic (exact) mass is 330 g/mol. The van der Waals surface area contributed by atoms with Gasteiger partial charge in [-0.1, -0.05) is 0 Å². The molecule has 0 radical (unpaired) electrons. The Morgan fingerprint density at radius 3 is 3.00 bits per heavy atom. The number of anilines is 1. The Labute approximate surface area is 140 Å². The lowest BCUT2D eigenvalue weighted by Crippen LogP contribution is -2.30. The van der Waals surface area contributed by atoms with E-state index in [4.69, 9.17) is 9.84 Å². The Balaban J connectivity index is 1.49. The number of carboxylic acid groups (broad SMARTS) is 1. The highest BCUT2D eigenvalue weighted by atomic mass is 16.5. The van der Waals surface area contributed by atoms with Crippen molar-refractivity contribution in [3.8, 4) is 0 Å². The maximum absolute atomic E-state index is 11.0. The maximum Gasteiger partial charge on any atom is 0.407 e. The van der Waals surface area contributed by atoms with Gasteiger partial charge < -0.3 is 20.1 Å². The SMILES string of the molecule is O=C(O)N1CCC(Nc2ccc3c(cnn3C3CCCCO3)c2)C1. The minimum Gasteiger partial charge on any atom is -0.465 e. The van der Waals surface area contributed by atoms with Crippen LogP contribution < -0.4 is 5.32 Å². The van der Waals surface area contributed by atoms with E-state index in [0.29, 0.717) is 13.1 Å². The minimum atomic E-state index is -0.844. The molecule has 0 bridgehead atoms. The van der Waals surface area contributed by atoms with Gasteiger partial charge in [-0.15, -0.1) is 0 Å². The summed E-state index contributed by atoms with van der Waals surface area (Å²) in [4.78, 5) is 12.5. The van der Waals surface area contributed by atoms with Crippen molar-refractivity contribution < 1.29 is 14.6 Å². The van der Waals surface area contributed by atoms with E-state index in [9.17, 15) is 4.79 Å². The number of carbonyl (C=O) groups is 1. The first-order valence-electron chi connectivity index (χ1n) is 8.54. The summed E-state index contributed by atoms with van der Waals surface area (Å²) in [5.74, 6) is 0. The van der Waals surface area contributed by atoms with Crippen LogP contribution in [-0.4, -0.2) is 51.6 Å². The van der Waals surface area contributed by atoms with E-state index in [2.05, 4.69) is 22.5 Å². The lowest BCUT2D eigenvalue weighted by Gasteiger charge is -2.23. The number of hydrogen-bond acceptors (Lipinski definition) is 4. The van der Waals surface area contributed by atoms with Crippen molar-refractivity contribution in [1.82, 2.24) is 14.7 Å². The largest absolute Gasteiger partial charge is 0.465 e. The molecule has 1 aromatic heterocycles. The molecule has 3 heterocycles. The third-order valence-electron chi connectivity index (χ3n) is 4.85. The molecule has 7 nitrogen and oxygen atoms in total. The van der Waals surface area contributed by atoms with Crippen LogP contribution in [-0.2, 0) is 4.74 Å². The molecular formula is C17H22N4O3. The van der Waals surface area contributed by atoms with Crippen LogP contribution in [0, 0.1) is 0 Å². The molecule has 7 heteroatoms. The molecule has 2 aliphatic heterocycles. The van der Waals surface area contributed by atoms with Crippen LogP contribution in [0.4, 0.5) is 10.5 Å². The fourth-order valence-corrected chi connectivity index (χ4v) is 3.58. The number of rotatable bonds is 3. The molecule has 2 aromatic rings. The third kappa shape index (κ3) is 2.91. The van der Waals surface area contributed by atoms with Crippen LogP contribution in [0.15, 0.2) is 24.4 Å². The van der Waals surface area contributed by atoms with Gasteiger partial charge in [0, 0.05) is 36.8 Å². The van der Waals surface area contributed by atoms with Gasteiger partial charge in [-0.3, -0.25) is 0 Å². The Morgan fingerprint density at radius 1 is 1.33 bits per heavy atom. The van der Waals surface area contributed by atoms with E-state index in [1.165, 1.54) is 11.3 Å². The van der Waals surface area contributed by atoms with Crippen molar-refractivity contribution in [3.63, 3.8) is 0 Å². The summed E-state index contributed by atoms with van der Waals surface area (Å²) in [6, 6.07) is 6.33. The van der Waals surface area contributed by atoms with Crippen LogP contribution in [0.2, 0.25) is 0 Å². The van der Waals surface area contributed by atoms with E-state index >= 15 is 0 Å². The number of ether oxygens (including phenoxy) is 1. The van der Waals surface area contributed by atoms with E-state index < -0.39 is 6.09 Å². The van der Waals surface area contributed by atoms with Crippen LogP contribution in [0.3, 0.4) is 0 Å². The molecule has 2 aliphatic rings. The number of nitrogens with one attached hydrogen (secondary N) is 1.